The summed E-state index contributed by atoms with van der Waals surface area (Å²) in [6, 6.07) is 7.84. The molecule has 1 aliphatic heterocycles. The Labute approximate surface area is 175 Å². The molecule has 6 nitrogen and oxygen atoms in total. The van der Waals surface area contributed by atoms with Crippen molar-refractivity contribution in [3.8, 4) is 0 Å². The minimum Gasteiger partial charge on any atom is -0.355 e. The molecule has 1 aromatic carbocycles. The minimum absolute atomic E-state index is 0.0291. The number of aryl methyl sites for hydroxylation is 1. The number of amides is 3. The van der Waals surface area contributed by atoms with Crippen LogP contribution in [0.15, 0.2) is 29.6 Å². The third-order valence-electron chi connectivity index (χ3n) is 5.63. The molecule has 0 radical (unpaired) electrons. The second kappa shape index (κ2) is 8.95. The van der Waals surface area contributed by atoms with Gasteiger partial charge in [0.1, 0.15) is 0 Å². The molecule has 7 heteroatoms. The SMILES string of the molecule is Cc1ccc(NC(=O)N2CCC(c3nc(CCNC(=O)C4CC4)cs3)CC2)cc1. The molecule has 1 aliphatic carbocycles. The summed E-state index contributed by atoms with van der Waals surface area (Å²) in [6.07, 6.45) is 4.73. The van der Waals surface area contributed by atoms with E-state index in [2.05, 4.69) is 16.0 Å². The minimum atomic E-state index is -0.0291. The molecule has 4 rings (SSSR count). The van der Waals surface area contributed by atoms with E-state index in [4.69, 9.17) is 4.98 Å². The van der Waals surface area contributed by atoms with Gasteiger partial charge in [-0.1, -0.05) is 17.7 Å². The standard InChI is InChI=1S/C22H28N4O2S/c1-15-2-6-18(7-3-15)25-22(28)26-12-9-17(10-13-26)21-24-19(14-29-21)8-11-23-20(27)16-4-5-16/h2-3,6-7,14,16-17H,4-5,8-13H2,1H3,(H,23,27)(H,25,28). The van der Waals surface area contributed by atoms with Gasteiger partial charge in [0, 0.05) is 49.0 Å². The van der Waals surface area contributed by atoms with E-state index in [0.717, 1.165) is 61.6 Å². The van der Waals surface area contributed by atoms with Gasteiger partial charge in [-0.25, -0.2) is 9.78 Å². The van der Waals surface area contributed by atoms with Gasteiger partial charge in [0.05, 0.1) is 10.7 Å². The quantitative estimate of drug-likeness (QED) is 0.755. The summed E-state index contributed by atoms with van der Waals surface area (Å²) < 4.78 is 0. The van der Waals surface area contributed by atoms with Gasteiger partial charge in [0.25, 0.3) is 0 Å². The maximum Gasteiger partial charge on any atom is 0.321 e. The number of piperidine rings is 1. The lowest BCUT2D eigenvalue weighted by Gasteiger charge is -2.31. The number of benzene rings is 1. The van der Waals surface area contributed by atoms with Crippen LogP contribution in [0, 0.1) is 12.8 Å². The zero-order valence-corrected chi connectivity index (χ0v) is 17.6. The van der Waals surface area contributed by atoms with Gasteiger partial charge < -0.3 is 15.5 Å². The van der Waals surface area contributed by atoms with Crippen molar-refractivity contribution in [2.45, 2.75) is 44.9 Å². The van der Waals surface area contributed by atoms with E-state index in [1.807, 2.05) is 36.1 Å². The van der Waals surface area contributed by atoms with E-state index < -0.39 is 0 Å². The molecule has 29 heavy (non-hydrogen) atoms. The average Bonchev–Trinajstić information content (AvgIpc) is 3.48. The lowest BCUT2D eigenvalue weighted by Crippen LogP contribution is -2.40. The normalized spacial score (nSPS) is 17.2. The van der Waals surface area contributed by atoms with E-state index in [1.54, 1.807) is 11.3 Å². The molecule has 2 N–H and O–H groups in total. The molecule has 1 saturated carbocycles. The molecule has 2 aromatic rings. The number of nitrogens with zero attached hydrogens (tertiary/aromatic N) is 2. The predicted octanol–water partition coefficient (Wildman–Crippen LogP) is 3.93. The molecule has 0 atom stereocenters. The maximum absolute atomic E-state index is 12.5. The summed E-state index contributed by atoms with van der Waals surface area (Å²) >= 11 is 1.70. The highest BCUT2D eigenvalue weighted by molar-refractivity contribution is 7.09. The van der Waals surface area contributed by atoms with Crippen LogP contribution in [0.5, 0.6) is 0 Å². The maximum atomic E-state index is 12.5. The van der Waals surface area contributed by atoms with E-state index in [-0.39, 0.29) is 17.9 Å². The monoisotopic (exact) mass is 412 g/mol. The zero-order chi connectivity index (χ0) is 20.2. The number of anilines is 1. The third-order valence-corrected chi connectivity index (χ3v) is 6.69. The molecular weight excluding hydrogens is 384 g/mol. The van der Waals surface area contributed by atoms with Gasteiger partial charge >= 0.3 is 6.03 Å². The molecule has 0 unspecified atom stereocenters. The van der Waals surface area contributed by atoms with Gasteiger partial charge in [-0.3, -0.25) is 4.79 Å². The molecule has 1 saturated heterocycles. The number of carbonyl (C=O) groups excluding carboxylic acids is 2. The number of likely N-dealkylation sites (tertiary alicyclic amines) is 1. The van der Waals surface area contributed by atoms with Crippen molar-refractivity contribution >= 4 is 29.0 Å². The van der Waals surface area contributed by atoms with Crippen molar-refractivity contribution < 1.29 is 9.59 Å². The Bertz CT molecular complexity index is 852. The molecule has 2 fully saturated rings. The van der Waals surface area contributed by atoms with Crippen molar-refractivity contribution in [3.63, 3.8) is 0 Å². The Kier molecular flexibility index (Phi) is 6.13. The molecule has 0 bridgehead atoms. The first-order valence-corrected chi connectivity index (χ1v) is 11.3. The van der Waals surface area contributed by atoms with Crippen molar-refractivity contribution in [1.29, 1.82) is 0 Å². The number of carbonyl (C=O) groups is 2. The fraction of sp³-hybridized carbons (Fsp3) is 0.500. The van der Waals surface area contributed by atoms with Crippen LogP contribution in [-0.2, 0) is 11.2 Å². The summed E-state index contributed by atoms with van der Waals surface area (Å²) in [7, 11) is 0. The molecule has 154 valence electrons. The highest BCUT2D eigenvalue weighted by atomic mass is 32.1. The van der Waals surface area contributed by atoms with Gasteiger partial charge in [0.15, 0.2) is 0 Å². The fourth-order valence-corrected chi connectivity index (χ4v) is 4.62. The first-order valence-electron chi connectivity index (χ1n) is 10.4. The molecule has 2 heterocycles. The van der Waals surface area contributed by atoms with Crippen LogP contribution in [0.3, 0.4) is 0 Å². The van der Waals surface area contributed by atoms with Crippen LogP contribution < -0.4 is 10.6 Å². The number of rotatable bonds is 6. The summed E-state index contributed by atoms with van der Waals surface area (Å²) in [5, 5.41) is 9.24. The van der Waals surface area contributed by atoms with Gasteiger partial charge in [0.2, 0.25) is 5.91 Å². The molecule has 2 aliphatic rings. The first-order chi connectivity index (χ1) is 14.1. The smallest absolute Gasteiger partial charge is 0.321 e. The van der Waals surface area contributed by atoms with E-state index in [0.29, 0.717) is 12.5 Å². The largest absolute Gasteiger partial charge is 0.355 e. The van der Waals surface area contributed by atoms with Gasteiger partial charge in [-0.15, -0.1) is 11.3 Å². The number of thiazole rings is 1. The van der Waals surface area contributed by atoms with Crippen LogP contribution >= 0.6 is 11.3 Å². The number of aromatic nitrogens is 1. The molecule has 3 amide bonds. The summed E-state index contributed by atoms with van der Waals surface area (Å²) in [5.74, 6) is 0.865. The Morgan fingerprint density at radius 3 is 2.55 bits per heavy atom. The van der Waals surface area contributed by atoms with E-state index >= 15 is 0 Å². The third kappa shape index (κ3) is 5.35. The Morgan fingerprint density at radius 1 is 1.14 bits per heavy atom. The summed E-state index contributed by atoms with van der Waals surface area (Å²) in [4.78, 5) is 30.9. The van der Waals surface area contributed by atoms with Crippen LogP contribution in [0.1, 0.15) is 47.9 Å². The first kappa shape index (κ1) is 19.9. The number of hydrogen-bond donors (Lipinski definition) is 2. The van der Waals surface area contributed by atoms with Crippen LogP contribution in [0.4, 0.5) is 10.5 Å². The average molecular weight is 413 g/mol. The highest BCUT2D eigenvalue weighted by Gasteiger charge is 2.29. The molecule has 0 spiro atoms. The van der Waals surface area contributed by atoms with Gasteiger partial charge in [-0.05, 0) is 44.7 Å². The van der Waals surface area contributed by atoms with E-state index in [9.17, 15) is 9.59 Å². The Hall–Kier alpha value is -2.41. The Morgan fingerprint density at radius 2 is 1.86 bits per heavy atom. The fourth-order valence-electron chi connectivity index (χ4n) is 3.60. The topological polar surface area (TPSA) is 74.3 Å². The van der Waals surface area contributed by atoms with Gasteiger partial charge in [-0.2, -0.15) is 0 Å². The number of nitrogens with one attached hydrogen (secondary N) is 2. The highest BCUT2D eigenvalue weighted by Crippen LogP contribution is 2.31. The Balaban J connectivity index is 1.22. The molecular formula is C22H28N4O2S. The van der Waals surface area contributed by atoms with Crippen LogP contribution in [0.25, 0.3) is 0 Å². The van der Waals surface area contributed by atoms with Crippen LogP contribution in [-0.4, -0.2) is 41.5 Å². The second-order valence-corrected chi connectivity index (χ2v) is 8.94. The lowest BCUT2D eigenvalue weighted by atomic mass is 9.98. The van der Waals surface area contributed by atoms with Crippen LogP contribution in [0.2, 0.25) is 0 Å². The molecule has 1 aromatic heterocycles. The predicted molar refractivity (Wildman–Crippen MR) is 115 cm³/mol. The zero-order valence-electron chi connectivity index (χ0n) is 16.8. The van der Waals surface area contributed by atoms with Crippen molar-refractivity contribution in [2.75, 3.05) is 25.0 Å². The van der Waals surface area contributed by atoms with E-state index in [1.165, 1.54) is 5.56 Å². The second-order valence-electron chi connectivity index (χ2n) is 8.05. The number of urea groups is 1. The summed E-state index contributed by atoms with van der Waals surface area (Å²) in [6.45, 7) is 4.18. The van der Waals surface area contributed by atoms with Crippen molar-refractivity contribution in [1.82, 2.24) is 15.2 Å². The lowest BCUT2D eigenvalue weighted by molar-refractivity contribution is -0.122. The summed E-state index contributed by atoms with van der Waals surface area (Å²) in [5.41, 5.74) is 3.07. The number of hydrogen-bond acceptors (Lipinski definition) is 4. The van der Waals surface area contributed by atoms with Crippen molar-refractivity contribution in [3.05, 3.63) is 45.9 Å². The van der Waals surface area contributed by atoms with Crippen molar-refractivity contribution in [2.24, 2.45) is 5.92 Å².